The van der Waals surface area contributed by atoms with Gasteiger partial charge in [-0.2, -0.15) is 5.10 Å². The summed E-state index contributed by atoms with van der Waals surface area (Å²) >= 11 is 0. The van der Waals surface area contributed by atoms with Crippen LogP contribution in [-0.4, -0.2) is 38.8 Å². The molecular formula is C25H26FN3O2. The van der Waals surface area contributed by atoms with Crippen molar-refractivity contribution in [1.82, 2.24) is 14.7 Å². The minimum atomic E-state index is -0.474. The number of hydrogen-bond acceptors (Lipinski definition) is 3. The van der Waals surface area contributed by atoms with Crippen molar-refractivity contribution in [3.05, 3.63) is 70.7 Å². The van der Waals surface area contributed by atoms with Gasteiger partial charge < -0.3 is 10.0 Å². The molecule has 0 unspecified atom stereocenters. The van der Waals surface area contributed by atoms with E-state index in [0.717, 1.165) is 30.2 Å². The van der Waals surface area contributed by atoms with E-state index in [2.05, 4.69) is 36.9 Å². The lowest BCUT2D eigenvalue weighted by Gasteiger charge is -2.58. The number of hydrogen-bond donors (Lipinski definition) is 1. The predicted molar refractivity (Wildman–Crippen MR) is 117 cm³/mol. The number of halogens is 1. The van der Waals surface area contributed by atoms with Crippen LogP contribution >= 0.6 is 0 Å². The Morgan fingerprint density at radius 3 is 2.52 bits per heavy atom. The summed E-state index contributed by atoms with van der Waals surface area (Å²) < 4.78 is 15.9. The predicted octanol–water partition coefficient (Wildman–Crippen LogP) is 4.80. The van der Waals surface area contributed by atoms with Crippen molar-refractivity contribution in [3.63, 3.8) is 0 Å². The van der Waals surface area contributed by atoms with E-state index < -0.39 is 5.82 Å². The number of amides is 1. The number of aromatic hydroxyl groups is 1. The highest BCUT2D eigenvalue weighted by atomic mass is 19.1. The van der Waals surface area contributed by atoms with E-state index >= 15 is 0 Å². The minimum absolute atomic E-state index is 0.0411. The van der Waals surface area contributed by atoms with Crippen LogP contribution in [0.2, 0.25) is 0 Å². The fraction of sp³-hybridized carbons (Fsp3) is 0.360. The van der Waals surface area contributed by atoms with Crippen molar-refractivity contribution in [3.8, 4) is 17.0 Å². The summed E-state index contributed by atoms with van der Waals surface area (Å²) in [6.45, 7) is 7.04. The molecule has 0 radical (unpaired) electrons. The Morgan fingerprint density at radius 1 is 1.10 bits per heavy atom. The molecule has 1 amide bonds. The molecule has 31 heavy (non-hydrogen) atoms. The van der Waals surface area contributed by atoms with Gasteiger partial charge in [0, 0.05) is 30.3 Å². The molecule has 1 saturated carbocycles. The third kappa shape index (κ3) is 3.21. The van der Waals surface area contributed by atoms with Crippen LogP contribution < -0.4 is 0 Å². The molecule has 1 aromatic heterocycles. The van der Waals surface area contributed by atoms with Gasteiger partial charge in [-0.25, -0.2) is 4.39 Å². The molecule has 5 nitrogen and oxygen atoms in total. The van der Waals surface area contributed by atoms with E-state index in [1.54, 1.807) is 11.8 Å². The first-order valence-electron chi connectivity index (χ1n) is 10.7. The smallest absolute Gasteiger partial charge is 0.257 e. The maximum absolute atomic E-state index is 13.9. The molecular weight excluding hydrogens is 393 g/mol. The minimum Gasteiger partial charge on any atom is -0.507 e. The van der Waals surface area contributed by atoms with E-state index in [1.165, 1.54) is 17.2 Å². The van der Waals surface area contributed by atoms with Gasteiger partial charge in [-0.3, -0.25) is 9.48 Å². The topological polar surface area (TPSA) is 58.4 Å². The number of phenols is 1. The molecule has 1 N–H and O–H groups in total. The highest BCUT2D eigenvalue weighted by Crippen LogP contribution is 2.54. The van der Waals surface area contributed by atoms with Gasteiger partial charge in [0.05, 0.1) is 17.3 Å². The second-order valence-electron chi connectivity index (χ2n) is 9.30. The summed E-state index contributed by atoms with van der Waals surface area (Å²) in [5.74, 6) is -0.937. The first kappa shape index (κ1) is 19.8. The summed E-state index contributed by atoms with van der Waals surface area (Å²) in [4.78, 5) is 14.4. The summed E-state index contributed by atoms with van der Waals surface area (Å²) in [6.07, 6.45) is 4.06. The summed E-state index contributed by atoms with van der Waals surface area (Å²) in [5.41, 5.74) is 5.05. The first-order valence-corrected chi connectivity index (χ1v) is 10.7. The Morgan fingerprint density at radius 2 is 1.81 bits per heavy atom. The summed E-state index contributed by atoms with van der Waals surface area (Å²) in [7, 11) is 0. The van der Waals surface area contributed by atoms with Gasteiger partial charge in [0.15, 0.2) is 0 Å². The number of rotatable bonds is 3. The standard InChI is InChI=1S/C25H26FN3O2/c1-15-6-4-5-7-19(15)23-17(3)12-29(27-23)18-10-25(11-18)13-28(14-25)24(31)20-9-21(26)16(2)8-22(20)30/h4-9,12,18,30H,10-11,13-14H2,1-3H3. The van der Waals surface area contributed by atoms with E-state index in [1.807, 2.05) is 12.1 Å². The van der Waals surface area contributed by atoms with Crippen molar-refractivity contribution in [2.45, 2.75) is 39.7 Å². The second-order valence-corrected chi connectivity index (χ2v) is 9.30. The maximum Gasteiger partial charge on any atom is 0.257 e. The molecule has 3 aromatic rings. The maximum atomic E-state index is 13.9. The average Bonchev–Trinajstić information content (AvgIpc) is 3.03. The van der Waals surface area contributed by atoms with Crippen LogP contribution in [0.25, 0.3) is 11.3 Å². The van der Waals surface area contributed by atoms with E-state index in [-0.39, 0.29) is 22.6 Å². The number of nitrogens with zero attached hydrogens (tertiary/aromatic N) is 3. The third-order valence-corrected chi connectivity index (χ3v) is 6.87. The van der Waals surface area contributed by atoms with Crippen LogP contribution in [0.5, 0.6) is 5.75 Å². The van der Waals surface area contributed by atoms with E-state index in [9.17, 15) is 14.3 Å². The Bertz CT molecular complexity index is 1190. The van der Waals surface area contributed by atoms with Gasteiger partial charge in [0.2, 0.25) is 0 Å². The van der Waals surface area contributed by atoms with Crippen molar-refractivity contribution in [1.29, 1.82) is 0 Å². The average molecular weight is 420 g/mol. The molecule has 2 aromatic carbocycles. The van der Waals surface area contributed by atoms with Gasteiger partial charge in [-0.15, -0.1) is 0 Å². The molecule has 160 valence electrons. The van der Waals surface area contributed by atoms with Gasteiger partial charge in [0.1, 0.15) is 11.6 Å². The lowest BCUT2D eigenvalue weighted by Crippen LogP contribution is -2.63. The van der Waals surface area contributed by atoms with Crippen molar-refractivity contribution >= 4 is 5.91 Å². The molecule has 2 aliphatic rings. The first-order chi connectivity index (χ1) is 14.8. The Kier molecular flexibility index (Phi) is 4.43. The molecule has 0 atom stereocenters. The molecule has 2 heterocycles. The number of benzene rings is 2. The molecule has 1 aliphatic carbocycles. The van der Waals surface area contributed by atoms with Crippen LogP contribution in [0.15, 0.2) is 42.6 Å². The molecule has 1 saturated heterocycles. The van der Waals surface area contributed by atoms with Crippen molar-refractivity contribution < 1.29 is 14.3 Å². The van der Waals surface area contributed by atoms with Gasteiger partial charge in [0.25, 0.3) is 5.91 Å². The summed E-state index contributed by atoms with van der Waals surface area (Å²) in [6, 6.07) is 11.1. The fourth-order valence-corrected chi connectivity index (χ4v) is 5.07. The lowest BCUT2D eigenvalue weighted by atomic mass is 9.60. The van der Waals surface area contributed by atoms with E-state index in [0.29, 0.717) is 24.7 Å². The molecule has 2 fully saturated rings. The van der Waals surface area contributed by atoms with Gasteiger partial charge >= 0.3 is 0 Å². The van der Waals surface area contributed by atoms with Crippen molar-refractivity contribution in [2.24, 2.45) is 5.41 Å². The highest BCUT2D eigenvalue weighted by Gasteiger charge is 2.54. The number of aryl methyl sites for hydroxylation is 3. The number of phenolic OH excluding ortho intramolecular Hbond substituents is 1. The fourth-order valence-electron chi connectivity index (χ4n) is 5.07. The molecule has 1 aliphatic heterocycles. The molecule has 0 bridgehead atoms. The lowest BCUT2D eigenvalue weighted by molar-refractivity contribution is -0.0738. The monoisotopic (exact) mass is 419 g/mol. The Hall–Kier alpha value is -3.15. The van der Waals surface area contributed by atoms with Gasteiger partial charge in [-0.05, 0) is 62.4 Å². The molecule has 1 spiro atoms. The molecule has 5 rings (SSSR count). The number of likely N-dealkylation sites (tertiary alicyclic amines) is 1. The SMILES string of the molecule is Cc1cc(O)c(C(=O)N2CC3(CC(n4cc(C)c(-c5ccccc5C)n4)C3)C2)cc1F. The number of carbonyl (C=O) groups is 1. The normalized spacial score (nSPS) is 17.5. The van der Waals surface area contributed by atoms with Crippen LogP contribution in [0.3, 0.4) is 0 Å². The number of carbonyl (C=O) groups excluding carboxylic acids is 1. The van der Waals surface area contributed by atoms with E-state index in [4.69, 9.17) is 5.10 Å². The van der Waals surface area contributed by atoms with Crippen LogP contribution in [-0.2, 0) is 0 Å². The highest BCUT2D eigenvalue weighted by molar-refractivity contribution is 5.97. The zero-order valence-electron chi connectivity index (χ0n) is 18.0. The Balaban J connectivity index is 1.25. The third-order valence-electron chi connectivity index (χ3n) is 6.87. The summed E-state index contributed by atoms with van der Waals surface area (Å²) in [5, 5.41) is 14.9. The largest absolute Gasteiger partial charge is 0.507 e. The zero-order chi connectivity index (χ0) is 21.9. The van der Waals surface area contributed by atoms with Crippen LogP contribution in [0.4, 0.5) is 4.39 Å². The van der Waals surface area contributed by atoms with Crippen molar-refractivity contribution in [2.75, 3.05) is 13.1 Å². The second kappa shape index (κ2) is 6.94. The molecule has 6 heteroatoms. The Labute approximate surface area is 181 Å². The zero-order valence-corrected chi connectivity index (χ0v) is 18.0. The quantitative estimate of drug-likeness (QED) is 0.664. The van der Waals surface area contributed by atoms with Gasteiger partial charge in [-0.1, -0.05) is 24.3 Å². The number of aromatic nitrogens is 2. The van der Waals surface area contributed by atoms with Crippen LogP contribution in [0.1, 0.15) is 45.9 Å². The van der Waals surface area contributed by atoms with Crippen LogP contribution in [0, 0.1) is 32.0 Å².